The van der Waals surface area contributed by atoms with Gasteiger partial charge in [0.15, 0.2) is 0 Å². The van der Waals surface area contributed by atoms with Gasteiger partial charge in [-0.3, -0.25) is 0 Å². The van der Waals surface area contributed by atoms with E-state index in [9.17, 15) is 0 Å². The quantitative estimate of drug-likeness (QED) is 0.684. The standard InChI is InChI=1S/C10H12N2/c11-10-6-5-9(7-12-10)8-3-1-2-4-8/h3,5-7H,1-2,4H2,(H2,11,12). The van der Waals surface area contributed by atoms with Crippen LogP contribution in [0.3, 0.4) is 0 Å². The molecule has 1 aliphatic carbocycles. The van der Waals surface area contributed by atoms with Crippen molar-refractivity contribution in [1.82, 2.24) is 4.98 Å². The third-order valence-electron chi connectivity index (χ3n) is 2.20. The number of allylic oxidation sites excluding steroid dienone is 2. The molecule has 0 spiro atoms. The smallest absolute Gasteiger partial charge is 0.123 e. The van der Waals surface area contributed by atoms with E-state index in [1.54, 1.807) is 0 Å². The van der Waals surface area contributed by atoms with Crippen LogP contribution in [0.5, 0.6) is 0 Å². The summed E-state index contributed by atoms with van der Waals surface area (Å²) in [5.41, 5.74) is 8.14. The summed E-state index contributed by atoms with van der Waals surface area (Å²) in [6.07, 6.45) is 7.81. The molecular weight excluding hydrogens is 148 g/mol. The van der Waals surface area contributed by atoms with Crippen molar-refractivity contribution in [2.45, 2.75) is 19.3 Å². The largest absolute Gasteiger partial charge is 0.384 e. The Balaban J connectivity index is 2.28. The number of aromatic nitrogens is 1. The van der Waals surface area contributed by atoms with E-state index in [-0.39, 0.29) is 0 Å². The molecule has 0 fully saturated rings. The first-order valence-corrected chi connectivity index (χ1v) is 4.27. The van der Waals surface area contributed by atoms with Gasteiger partial charge in [0, 0.05) is 6.20 Å². The Morgan fingerprint density at radius 3 is 2.83 bits per heavy atom. The van der Waals surface area contributed by atoms with Crippen LogP contribution in [0.1, 0.15) is 24.8 Å². The number of hydrogen-bond acceptors (Lipinski definition) is 2. The molecule has 0 saturated heterocycles. The average molecular weight is 160 g/mol. The van der Waals surface area contributed by atoms with E-state index >= 15 is 0 Å². The van der Waals surface area contributed by atoms with Crippen molar-refractivity contribution >= 4 is 11.4 Å². The molecule has 62 valence electrons. The summed E-state index contributed by atoms with van der Waals surface area (Å²) in [4.78, 5) is 4.06. The van der Waals surface area contributed by atoms with Crippen LogP contribution < -0.4 is 5.73 Å². The van der Waals surface area contributed by atoms with Gasteiger partial charge in [-0.05, 0) is 42.5 Å². The van der Waals surface area contributed by atoms with Crippen molar-refractivity contribution in [3.8, 4) is 0 Å². The lowest BCUT2D eigenvalue weighted by molar-refractivity contribution is 0.935. The third kappa shape index (κ3) is 1.33. The van der Waals surface area contributed by atoms with E-state index in [1.807, 2.05) is 18.3 Å². The maximum Gasteiger partial charge on any atom is 0.123 e. The van der Waals surface area contributed by atoms with Gasteiger partial charge in [-0.15, -0.1) is 0 Å². The average Bonchev–Trinajstić information content (AvgIpc) is 2.58. The highest BCUT2D eigenvalue weighted by molar-refractivity contribution is 5.66. The topological polar surface area (TPSA) is 38.9 Å². The van der Waals surface area contributed by atoms with E-state index < -0.39 is 0 Å². The second-order valence-corrected chi connectivity index (χ2v) is 3.09. The first-order chi connectivity index (χ1) is 5.86. The molecule has 2 nitrogen and oxygen atoms in total. The van der Waals surface area contributed by atoms with Gasteiger partial charge in [-0.2, -0.15) is 0 Å². The summed E-state index contributed by atoms with van der Waals surface area (Å²) in [5.74, 6) is 0.595. The molecule has 0 unspecified atom stereocenters. The van der Waals surface area contributed by atoms with Crippen molar-refractivity contribution in [3.63, 3.8) is 0 Å². The van der Waals surface area contributed by atoms with Crippen LogP contribution in [0.15, 0.2) is 24.4 Å². The van der Waals surface area contributed by atoms with E-state index in [1.165, 1.54) is 30.4 Å². The van der Waals surface area contributed by atoms with Crippen LogP contribution in [0.2, 0.25) is 0 Å². The SMILES string of the molecule is Nc1ccc(C2=CCCC2)cn1. The Hall–Kier alpha value is -1.31. The van der Waals surface area contributed by atoms with Crippen molar-refractivity contribution in [1.29, 1.82) is 0 Å². The lowest BCUT2D eigenvalue weighted by Crippen LogP contribution is -1.90. The van der Waals surface area contributed by atoms with Gasteiger partial charge >= 0.3 is 0 Å². The van der Waals surface area contributed by atoms with Crippen LogP contribution in [0, 0.1) is 0 Å². The number of pyridine rings is 1. The Morgan fingerprint density at radius 2 is 2.25 bits per heavy atom. The fourth-order valence-electron chi connectivity index (χ4n) is 1.53. The molecule has 1 aromatic heterocycles. The zero-order valence-electron chi connectivity index (χ0n) is 6.96. The molecule has 0 atom stereocenters. The van der Waals surface area contributed by atoms with Crippen molar-refractivity contribution in [2.75, 3.05) is 5.73 Å². The minimum absolute atomic E-state index is 0.595. The molecule has 1 heterocycles. The highest BCUT2D eigenvalue weighted by Crippen LogP contribution is 2.26. The second kappa shape index (κ2) is 2.97. The molecule has 2 N–H and O–H groups in total. The molecule has 1 aromatic rings. The third-order valence-corrected chi connectivity index (χ3v) is 2.20. The van der Waals surface area contributed by atoms with E-state index in [4.69, 9.17) is 5.73 Å². The summed E-state index contributed by atoms with van der Waals surface area (Å²) in [7, 11) is 0. The molecule has 2 heteroatoms. The zero-order valence-corrected chi connectivity index (χ0v) is 6.96. The normalized spacial score (nSPS) is 16.2. The molecular formula is C10H12N2. The van der Waals surface area contributed by atoms with E-state index in [0.717, 1.165) is 0 Å². The van der Waals surface area contributed by atoms with Gasteiger partial charge in [0.05, 0.1) is 0 Å². The number of nitrogens with two attached hydrogens (primary N) is 1. The predicted molar refractivity (Wildman–Crippen MR) is 50.5 cm³/mol. The second-order valence-electron chi connectivity index (χ2n) is 3.09. The van der Waals surface area contributed by atoms with Crippen LogP contribution in [-0.4, -0.2) is 4.98 Å². The number of nitrogens with zero attached hydrogens (tertiary/aromatic N) is 1. The Kier molecular flexibility index (Phi) is 1.82. The fraction of sp³-hybridized carbons (Fsp3) is 0.300. The first kappa shape index (κ1) is 7.35. The van der Waals surface area contributed by atoms with Gasteiger partial charge in [0.25, 0.3) is 0 Å². The lowest BCUT2D eigenvalue weighted by atomic mass is 10.1. The summed E-state index contributed by atoms with van der Waals surface area (Å²) in [5, 5.41) is 0. The minimum atomic E-state index is 0.595. The molecule has 0 amide bonds. The van der Waals surface area contributed by atoms with Crippen molar-refractivity contribution in [3.05, 3.63) is 30.0 Å². The van der Waals surface area contributed by atoms with Crippen LogP contribution >= 0.6 is 0 Å². The highest BCUT2D eigenvalue weighted by Gasteiger charge is 2.06. The Labute approximate surface area is 72.1 Å². The van der Waals surface area contributed by atoms with Crippen LogP contribution in [-0.2, 0) is 0 Å². The first-order valence-electron chi connectivity index (χ1n) is 4.27. The number of anilines is 1. The summed E-state index contributed by atoms with van der Waals surface area (Å²) >= 11 is 0. The van der Waals surface area contributed by atoms with Gasteiger partial charge in [-0.25, -0.2) is 4.98 Å². The molecule has 0 aliphatic heterocycles. The monoisotopic (exact) mass is 160 g/mol. The maximum atomic E-state index is 5.49. The number of nitrogen functional groups attached to an aromatic ring is 1. The van der Waals surface area contributed by atoms with Gasteiger partial charge in [0.2, 0.25) is 0 Å². The summed E-state index contributed by atoms with van der Waals surface area (Å²) in [6.45, 7) is 0. The molecule has 0 radical (unpaired) electrons. The van der Waals surface area contributed by atoms with Crippen molar-refractivity contribution in [2.24, 2.45) is 0 Å². The fourth-order valence-corrected chi connectivity index (χ4v) is 1.53. The highest BCUT2D eigenvalue weighted by atomic mass is 14.8. The Morgan fingerprint density at radius 1 is 1.33 bits per heavy atom. The molecule has 2 rings (SSSR count). The van der Waals surface area contributed by atoms with Crippen LogP contribution in [0.4, 0.5) is 5.82 Å². The lowest BCUT2D eigenvalue weighted by Gasteiger charge is -2.00. The van der Waals surface area contributed by atoms with Crippen LogP contribution in [0.25, 0.3) is 5.57 Å². The number of hydrogen-bond donors (Lipinski definition) is 1. The molecule has 0 aromatic carbocycles. The van der Waals surface area contributed by atoms with Gasteiger partial charge in [0.1, 0.15) is 5.82 Å². The summed E-state index contributed by atoms with van der Waals surface area (Å²) < 4.78 is 0. The van der Waals surface area contributed by atoms with Gasteiger partial charge in [-0.1, -0.05) is 6.08 Å². The zero-order chi connectivity index (χ0) is 8.39. The predicted octanol–water partition coefficient (Wildman–Crippen LogP) is 2.23. The maximum absolute atomic E-state index is 5.49. The van der Waals surface area contributed by atoms with Gasteiger partial charge < -0.3 is 5.73 Å². The van der Waals surface area contributed by atoms with E-state index in [0.29, 0.717) is 5.82 Å². The molecule has 12 heavy (non-hydrogen) atoms. The molecule has 1 aliphatic rings. The number of rotatable bonds is 1. The molecule has 0 saturated carbocycles. The minimum Gasteiger partial charge on any atom is -0.384 e. The van der Waals surface area contributed by atoms with Crippen molar-refractivity contribution < 1.29 is 0 Å². The Bertz CT molecular complexity index is 298. The molecule has 0 bridgehead atoms. The summed E-state index contributed by atoms with van der Waals surface area (Å²) in [6, 6.07) is 3.90. The van der Waals surface area contributed by atoms with E-state index in [2.05, 4.69) is 11.1 Å².